The third-order valence-electron chi connectivity index (χ3n) is 8.20. The summed E-state index contributed by atoms with van der Waals surface area (Å²) >= 11 is 0. The number of carbonyl (C=O) groups excluding carboxylic acids is 1. The molecule has 0 unspecified atom stereocenters. The molecule has 0 aromatic rings. The van der Waals surface area contributed by atoms with Gasteiger partial charge in [-0.3, -0.25) is 4.79 Å². The Bertz CT molecular complexity index is 556. The first-order valence-electron chi connectivity index (χ1n) is 9.42. The fourth-order valence-electron chi connectivity index (χ4n) is 6.78. The molecule has 0 amide bonds. The van der Waals surface area contributed by atoms with Gasteiger partial charge in [-0.2, -0.15) is 0 Å². The Balaban J connectivity index is 1.72. The highest BCUT2D eigenvalue weighted by Gasteiger charge is 2.57. The summed E-state index contributed by atoms with van der Waals surface area (Å²) in [5.41, 5.74) is 2.17. The molecule has 0 spiro atoms. The maximum Gasteiger partial charge on any atom is 0.156 e. The zero-order chi connectivity index (χ0) is 15.5. The van der Waals surface area contributed by atoms with Gasteiger partial charge >= 0.3 is 0 Å². The largest absolute Gasteiger partial charge is 0.295 e. The quantitative estimate of drug-likeness (QED) is 0.640. The van der Waals surface area contributed by atoms with Crippen LogP contribution in [0.1, 0.15) is 65.7 Å². The van der Waals surface area contributed by atoms with Gasteiger partial charge in [0, 0.05) is 6.42 Å². The maximum absolute atomic E-state index is 11.8. The SMILES string of the molecule is CC[C@H]1CC[C@H]2[C@@H]3C=CC4=CC(=O)CC[C@@]4(C)[C@@H]3CC[C@]12C. The highest BCUT2D eigenvalue weighted by Crippen LogP contribution is 2.65. The molecule has 6 atom stereocenters. The van der Waals surface area contributed by atoms with Gasteiger partial charge in [0.15, 0.2) is 5.78 Å². The lowest BCUT2D eigenvalue weighted by atomic mass is 9.48. The van der Waals surface area contributed by atoms with Crippen LogP contribution in [0.25, 0.3) is 0 Å². The number of fused-ring (bicyclic) bond motifs is 5. The second kappa shape index (κ2) is 4.82. The van der Waals surface area contributed by atoms with Gasteiger partial charge in [0.05, 0.1) is 0 Å². The van der Waals surface area contributed by atoms with E-state index in [-0.39, 0.29) is 5.41 Å². The molecule has 120 valence electrons. The molecule has 4 aliphatic carbocycles. The first-order chi connectivity index (χ1) is 10.5. The van der Waals surface area contributed by atoms with Crippen LogP contribution < -0.4 is 0 Å². The third kappa shape index (κ3) is 1.80. The fourth-order valence-corrected chi connectivity index (χ4v) is 6.78. The van der Waals surface area contributed by atoms with Crippen molar-refractivity contribution in [1.82, 2.24) is 0 Å². The Morgan fingerprint density at radius 1 is 1.14 bits per heavy atom. The molecule has 0 saturated heterocycles. The smallest absolute Gasteiger partial charge is 0.156 e. The monoisotopic (exact) mass is 298 g/mol. The number of allylic oxidation sites excluding steroid dienone is 4. The predicted molar refractivity (Wildman–Crippen MR) is 90.4 cm³/mol. The molecule has 0 aromatic heterocycles. The summed E-state index contributed by atoms with van der Waals surface area (Å²) in [6, 6.07) is 0. The molecular weight excluding hydrogens is 268 g/mol. The Hall–Kier alpha value is -0.850. The minimum absolute atomic E-state index is 0.263. The molecule has 0 aromatic carbocycles. The number of rotatable bonds is 1. The van der Waals surface area contributed by atoms with Crippen LogP contribution in [0.3, 0.4) is 0 Å². The van der Waals surface area contributed by atoms with Gasteiger partial charge in [-0.25, -0.2) is 0 Å². The van der Waals surface area contributed by atoms with E-state index in [2.05, 4.69) is 32.9 Å². The number of hydrogen-bond acceptors (Lipinski definition) is 1. The molecule has 4 aliphatic rings. The van der Waals surface area contributed by atoms with E-state index < -0.39 is 0 Å². The minimum Gasteiger partial charge on any atom is -0.295 e. The zero-order valence-electron chi connectivity index (χ0n) is 14.4. The summed E-state index contributed by atoms with van der Waals surface area (Å²) in [7, 11) is 0. The lowest BCUT2D eigenvalue weighted by molar-refractivity contribution is -0.116. The number of hydrogen-bond donors (Lipinski definition) is 0. The van der Waals surface area contributed by atoms with Gasteiger partial charge in [0.25, 0.3) is 0 Å². The van der Waals surface area contributed by atoms with Crippen LogP contribution in [0.4, 0.5) is 0 Å². The van der Waals surface area contributed by atoms with Crippen molar-refractivity contribution < 1.29 is 4.79 Å². The minimum atomic E-state index is 0.263. The molecule has 0 aliphatic heterocycles. The van der Waals surface area contributed by atoms with Gasteiger partial charge < -0.3 is 0 Å². The van der Waals surface area contributed by atoms with E-state index in [0.29, 0.717) is 11.2 Å². The Morgan fingerprint density at radius 3 is 2.73 bits per heavy atom. The predicted octanol–water partition coefficient (Wildman–Crippen LogP) is 5.32. The lowest BCUT2D eigenvalue weighted by Gasteiger charge is -2.56. The molecule has 0 heterocycles. The number of ketones is 1. The van der Waals surface area contributed by atoms with Crippen molar-refractivity contribution in [1.29, 1.82) is 0 Å². The summed E-state index contributed by atoms with van der Waals surface area (Å²) in [5, 5.41) is 0. The molecule has 1 heteroatoms. The van der Waals surface area contributed by atoms with Gasteiger partial charge in [-0.05, 0) is 78.3 Å². The van der Waals surface area contributed by atoms with Crippen molar-refractivity contribution in [3.8, 4) is 0 Å². The van der Waals surface area contributed by atoms with Crippen molar-refractivity contribution in [2.75, 3.05) is 0 Å². The average molecular weight is 298 g/mol. The summed E-state index contributed by atoms with van der Waals surface area (Å²) < 4.78 is 0. The molecule has 22 heavy (non-hydrogen) atoms. The summed E-state index contributed by atoms with van der Waals surface area (Å²) in [6.07, 6.45) is 15.6. The molecule has 0 bridgehead atoms. The van der Waals surface area contributed by atoms with Crippen LogP contribution in [-0.2, 0) is 4.79 Å². The van der Waals surface area contributed by atoms with Crippen molar-refractivity contribution in [3.05, 3.63) is 23.8 Å². The van der Waals surface area contributed by atoms with Crippen molar-refractivity contribution in [2.45, 2.75) is 65.7 Å². The average Bonchev–Trinajstić information content (AvgIpc) is 2.84. The number of carbonyl (C=O) groups is 1. The van der Waals surface area contributed by atoms with E-state index in [9.17, 15) is 4.79 Å². The lowest BCUT2D eigenvalue weighted by Crippen LogP contribution is -2.48. The van der Waals surface area contributed by atoms with E-state index in [0.717, 1.165) is 36.5 Å². The first kappa shape index (κ1) is 14.7. The van der Waals surface area contributed by atoms with Crippen LogP contribution in [0.2, 0.25) is 0 Å². The van der Waals surface area contributed by atoms with E-state index in [4.69, 9.17) is 0 Å². The van der Waals surface area contributed by atoms with Gasteiger partial charge in [-0.15, -0.1) is 0 Å². The normalized spacial score (nSPS) is 50.1. The summed E-state index contributed by atoms with van der Waals surface area (Å²) in [6.45, 7) is 7.42. The molecule has 0 radical (unpaired) electrons. The van der Waals surface area contributed by atoms with Crippen molar-refractivity contribution in [3.63, 3.8) is 0 Å². The van der Waals surface area contributed by atoms with Crippen molar-refractivity contribution >= 4 is 5.78 Å². The molecule has 0 N–H and O–H groups in total. The van der Waals surface area contributed by atoms with E-state index in [1.807, 2.05) is 6.08 Å². The molecule has 2 fully saturated rings. The molecule has 1 nitrogen and oxygen atoms in total. The second-order valence-corrected chi connectivity index (χ2v) is 8.86. The Labute approximate surface area is 135 Å². The van der Waals surface area contributed by atoms with Gasteiger partial charge in [0.1, 0.15) is 0 Å². The van der Waals surface area contributed by atoms with Gasteiger partial charge in [0.2, 0.25) is 0 Å². The van der Waals surface area contributed by atoms with E-state index >= 15 is 0 Å². The highest BCUT2D eigenvalue weighted by molar-refractivity contribution is 5.92. The third-order valence-corrected chi connectivity index (χ3v) is 8.20. The molecular formula is C21H30O. The first-order valence-corrected chi connectivity index (χ1v) is 9.42. The van der Waals surface area contributed by atoms with Crippen LogP contribution >= 0.6 is 0 Å². The molecule has 2 saturated carbocycles. The summed E-state index contributed by atoms with van der Waals surface area (Å²) in [4.78, 5) is 11.8. The maximum atomic E-state index is 11.8. The van der Waals surface area contributed by atoms with Crippen LogP contribution in [0, 0.1) is 34.5 Å². The Morgan fingerprint density at radius 2 is 1.95 bits per heavy atom. The van der Waals surface area contributed by atoms with E-state index in [1.165, 1.54) is 37.7 Å². The standard InChI is InChI=1S/C21H30O/c1-4-14-6-8-18-17-7-5-15-13-16(22)9-11-21(15,3)19(17)10-12-20(14,18)2/h5,7,13-14,17-19H,4,6,8-12H2,1-3H3/t14-,17-,18-,19+,20+,21+/m0/s1. The van der Waals surface area contributed by atoms with E-state index in [1.54, 1.807) is 0 Å². The zero-order valence-corrected chi connectivity index (χ0v) is 14.4. The van der Waals surface area contributed by atoms with Crippen LogP contribution in [0.15, 0.2) is 23.8 Å². The second-order valence-electron chi connectivity index (χ2n) is 8.86. The Kier molecular flexibility index (Phi) is 3.23. The summed E-state index contributed by atoms with van der Waals surface area (Å²) in [5.74, 6) is 3.67. The van der Waals surface area contributed by atoms with Crippen molar-refractivity contribution in [2.24, 2.45) is 34.5 Å². The van der Waals surface area contributed by atoms with Gasteiger partial charge in [-0.1, -0.05) is 39.3 Å². The van der Waals surface area contributed by atoms with Crippen LogP contribution in [0.5, 0.6) is 0 Å². The topological polar surface area (TPSA) is 17.1 Å². The molecule has 4 rings (SSSR count). The highest BCUT2D eigenvalue weighted by atomic mass is 16.1. The fraction of sp³-hybridized carbons (Fsp3) is 0.762. The van der Waals surface area contributed by atoms with Crippen LogP contribution in [-0.4, -0.2) is 5.78 Å².